The fourth-order valence-electron chi connectivity index (χ4n) is 4.04. The maximum Gasteiger partial charge on any atom is 0.269 e. The van der Waals surface area contributed by atoms with Crippen molar-refractivity contribution in [1.29, 1.82) is 0 Å². The molecule has 1 unspecified atom stereocenters. The summed E-state index contributed by atoms with van der Waals surface area (Å²) in [7, 11) is 0. The summed E-state index contributed by atoms with van der Waals surface area (Å²) in [6.07, 6.45) is 1.47. The van der Waals surface area contributed by atoms with Gasteiger partial charge < -0.3 is 0 Å². The van der Waals surface area contributed by atoms with Gasteiger partial charge in [0.15, 0.2) is 5.78 Å². The number of benzene rings is 2. The molecule has 1 atom stereocenters. The molecule has 28 heavy (non-hydrogen) atoms. The van der Waals surface area contributed by atoms with Crippen LogP contribution in [0.5, 0.6) is 0 Å². The number of amides is 1. The molecule has 1 aliphatic carbocycles. The lowest BCUT2D eigenvalue weighted by molar-refractivity contribution is -0.384. The molecule has 0 saturated heterocycles. The lowest BCUT2D eigenvalue weighted by atomic mass is 9.77. The summed E-state index contributed by atoms with van der Waals surface area (Å²) in [5.74, 6) is -1.37. The van der Waals surface area contributed by atoms with E-state index >= 15 is 0 Å². The Morgan fingerprint density at radius 2 is 1.75 bits per heavy atom. The Bertz CT molecular complexity index is 1010. The number of non-ortho nitro benzene ring substituents is 1. The minimum atomic E-state index is -0.606. The topological polar surface area (TPSA) is 80.5 Å². The van der Waals surface area contributed by atoms with Gasteiger partial charge in [-0.05, 0) is 36.6 Å². The number of Topliss-reactive ketones (excluding diaryl/α,β-unsaturated/α-hetero) is 1. The lowest BCUT2D eigenvalue weighted by Gasteiger charge is -2.38. The average Bonchev–Trinajstić information content (AvgIpc) is 2.68. The second-order valence-electron chi connectivity index (χ2n) is 6.92. The van der Waals surface area contributed by atoms with Crippen molar-refractivity contribution in [3.63, 3.8) is 0 Å². The van der Waals surface area contributed by atoms with Gasteiger partial charge >= 0.3 is 0 Å². The number of nitro benzene ring substituents is 1. The average molecular weight is 380 g/mol. The van der Waals surface area contributed by atoms with E-state index in [9.17, 15) is 24.1 Å². The van der Waals surface area contributed by atoms with Gasteiger partial charge in [-0.1, -0.05) is 18.2 Å². The number of anilines is 1. The number of rotatable bonds is 3. The zero-order valence-electron chi connectivity index (χ0n) is 14.9. The first kappa shape index (κ1) is 18.0. The van der Waals surface area contributed by atoms with E-state index in [0.717, 1.165) is 0 Å². The minimum Gasteiger partial charge on any atom is -0.294 e. The van der Waals surface area contributed by atoms with Crippen molar-refractivity contribution in [1.82, 2.24) is 0 Å². The molecule has 0 saturated carbocycles. The summed E-state index contributed by atoms with van der Waals surface area (Å²) in [6, 6.07) is 11.9. The van der Waals surface area contributed by atoms with Crippen molar-refractivity contribution in [2.45, 2.75) is 31.6 Å². The Morgan fingerprint density at radius 1 is 1.04 bits per heavy atom. The summed E-state index contributed by atoms with van der Waals surface area (Å²) < 4.78 is 14.4. The minimum absolute atomic E-state index is 0.0253. The maximum atomic E-state index is 14.4. The zero-order valence-corrected chi connectivity index (χ0v) is 14.9. The predicted molar refractivity (Wildman–Crippen MR) is 100 cm³/mol. The van der Waals surface area contributed by atoms with Crippen molar-refractivity contribution in [2.75, 3.05) is 4.90 Å². The molecule has 0 bridgehead atoms. The van der Waals surface area contributed by atoms with Crippen LogP contribution in [-0.4, -0.2) is 16.6 Å². The molecule has 1 heterocycles. The van der Waals surface area contributed by atoms with Gasteiger partial charge in [0.2, 0.25) is 5.91 Å². The summed E-state index contributed by atoms with van der Waals surface area (Å²) in [5, 5.41) is 10.9. The largest absolute Gasteiger partial charge is 0.294 e. The van der Waals surface area contributed by atoms with Crippen LogP contribution in [0.25, 0.3) is 0 Å². The molecule has 2 aromatic carbocycles. The van der Waals surface area contributed by atoms with Crippen LogP contribution in [0.1, 0.15) is 37.2 Å². The molecule has 7 heteroatoms. The van der Waals surface area contributed by atoms with Gasteiger partial charge in [-0.25, -0.2) is 4.39 Å². The van der Waals surface area contributed by atoms with Crippen molar-refractivity contribution in [3.8, 4) is 0 Å². The molecule has 2 aliphatic rings. The van der Waals surface area contributed by atoms with Gasteiger partial charge in [-0.2, -0.15) is 0 Å². The molecule has 0 radical (unpaired) electrons. The maximum absolute atomic E-state index is 14.4. The van der Waals surface area contributed by atoms with Crippen LogP contribution in [0.4, 0.5) is 15.8 Å². The molecule has 1 aliphatic heterocycles. The molecule has 1 amide bonds. The van der Waals surface area contributed by atoms with Crippen LogP contribution < -0.4 is 4.90 Å². The molecule has 0 N–H and O–H groups in total. The molecule has 6 nitrogen and oxygen atoms in total. The molecular formula is C21H17FN2O4. The van der Waals surface area contributed by atoms with Gasteiger partial charge in [-0.15, -0.1) is 0 Å². The van der Waals surface area contributed by atoms with E-state index in [4.69, 9.17) is 0 Å². The van der Waals surface area contributed by atoms with Gasteiger partial charge in [-0.3, -0.25) is 24.6 Å². The van der Waals surface area contributed by atoms with Crippen molar-refractivity contribution in [3.05, 3.63) is 81.3 Å². The Morgan fingerprint density at radius 3 is 2.43 bits per heavy atom. The number of carbonyl (C=O) groups is 2. The summed E-state index contributed by atoms with van der Waals surface area (Å²) in [5.41, 5.74) is 1.81. The van der Waals surface area contributed by atoms with Crippen LogP contribution in [-0.2, 0) is 9.59 Å². The standard InChI is InChI=1S/C21H17FN2O4/c22-17-5-2-1-4-15(17)16-12-20(26)23(18-6-3-7-19(25)21(16)18)13-8-10-14(11-9-13)24(27)28/h1-2,4-5,8-11,16H,3,6-7,12H2. The van der Waals surface area contributed by atoms with Crippen LogP contribution >= 0.6 is 0 Å². The van der Waals surface area contributed by atoms with E-state index in [1.807, 2.05) is 0 Å². The van der Waals surface area contributed by atoms with Crippen molar-refractivity contribution >= 4 is 23.1 Å². The summed E-state index contributed by atoms with van der Waals surface area (Å²) in [6.45, 7) is 0. The van der Waals surface area contributed by atoms with E-state index in [0.29, 0.717) is 41.8 Å². The van der Waals surface area contributed by atoms with Gasteiger partial charge in [0.25, 0.3) is 5.69 Å². The Kier molecular flexibility index (Phi) is 4.50. The first-order valence-electron chi connectivity index (χ1n) is 9.05. The lowest BCUT2D eigenvalue weighted by Crippen LogP contribution is -2.40. The van der Waals surface area contributed by atoms with Gasteiger partial charge in [0, 0.05) is 47.8 Å². The summed E-state index contributed by atoms with van der Waals surface area (Å²) in [4.78, 5) is 37.6. The fourth-order valence-corrected chi connectivity index (χ4v) is 4.04. The Labute approximate surface area is 160 Å². The van der Waals surface area contributed by atoms with E-state index in [1.165, 1.54) is 35.2 Å². The number of nitrogens with zero attached hydrogens (tertiary/aromatic N) is 2. The third kappa shape index (κ3) is 2.98. The van der Waals surface area contributed by atoms with Crippen LogP contribution in [0.2, 0.25) is 0 Å². The molecule has 142 valence electrons. The number of allylic oxidation sites excluding steroid dienone is 2. The fraction of sp³-hybridized carbons (Fsp3) is 0.238. The number of nitro groups is 1. The number of halogens is 1. The van der Waals surface area contributed by atoms with Crippen LogP contribution in [0, 0.1) is 15.9 Å². The van der Waals surface area contributed by atoms with E-state index in [2.05, 4.69) is 0 Å². The highest BCUT2D eigenvalue weighted by Gasteiger charge is 2.40. The highest BCUT2D eigenvalue weighted by molar-refractivity contribution is 6.07. The first-order valence-corrected chi connectivity index (χ1v) is 9.05. The van der Waals surface area contributed by atoms with Gasteiger partial charge in [0.05, 0.1) is 4.92 Å². The SMILES string of the molecule is O=C1CCCC2=C1C(c1ccccc1F)CC(=O)N2c1ccc([N+](=O)[O-])cc1. The molecule has 4 rings (SSSR count). The molecule has 0 fully saturated rings. The number of ketones is 1. The Balaban J connectivity index is 1.83. The monoisotopic (exact) mass is 380 g/mol. The second kappa shape index (κ2) is 6.99. The van der Waals surface area contributed by atoms with Crippen LogP contribution in [0.15, 0.2) is 59.8 Å². The highest BCUT2D eigenvalue weighted by atomic mass is 19.1. The van der Waals surface area contributed by atoms with E-state index in [-0.39, 0.29) is 23.8 Å². The molecular weight excluding hydrogens is 363 g/mol. The molecule has 2 aromatic rings. The molecule has 0 aromatic heterocycles. The first-order chi connectivity index (χ1) is 13.5. The Hall–Kier alpha value is -3.35. The summed E-state index contributed by atoms with van der Waals surface area (Å²) >= 11 is 0. The van der Waals surface area contributed by atoms with Crippen molar-refractivity contribution in [2.24, 2.45) is 0 Å². The third-order valence-electron chi connectivity index (χ3n) is 5.27. The second-order valence-corrected chi connectivity index (χ2v) is 6.92. The zero-order chi connectivity index (χ0) is 19.8. The smallest absolute Gasteiger partial charge is 0.269 e. The van der Waals surface area contributed by atoms with Gasteiger partial charge in [0.1, 0.15) is 5.82 Å². The number of hydrogen-bond donors (Lipinski definition) is 0. The van der Waals surface area contributed by atoms with E-state index < -0.39 is 16.7 Å². The van der Waals surface area contributed by atoms with Crippen molar-refractivity contribution < 1.29 is 18.9 Å². The predicted octanol–water partition coefficient (Wildman–Crippen LogP) is 4.26. The number of carbonyl (C=O) groups excluding carboxylic acids is 2. The highest BCUT2D eigenvalue weighted by Crippen LogP contribution is 2.44. The quantitative estimate of drug-likeness (QED) is 0.589. The normalized spacial score (nSPS) is 19.6. The number of hydrogen-bond acceptors (Lipinski definition) is 4. The van der Waals surface area contributed by atoms with E-state index in [1.54, 1.807) is 18.2 Å². The third-order valence-corrected chi connectivity index (χ3v) is 5.27. The van der Waals surface area contributed by atoms with Crippen LogP contribution in [0.3, 0.4) is 0 Å². The molecule has 0 spiro atoms.